The molecule has 0 aliphatic rings. The molecule has 3 nitrogen and oxygen atoms in total. The summed E-state index contributed by atoms with van der Waals surface area (Å²) < 4.78 is 41.9. The predicted molar refractivity (Wildman–Crippen MR) is 57.8 cm³/mol. The number of hydrogen-bond donors (Lipinski definition) is 1. The first-order valence-corrected chi connectivity index (χ1v) is 6.05. The molecule has 1 heterocycles. The second-order valence-electron chi connectivity index (χ2n) is 3.48. The van der Waals surface area contributed by atoms with Gasteiger partial charge in [0.05, 0.1) is 11.0 Å². The molecular formula is C10H14F3NO2S. The summed E-state index contributed by atoms with van der Waals surface area (Å²) in [5.41, 5.74) is 0. The highest BCUT2D eigenvalue weighted by Gasteiger charge is 2.35. The number of hydrogen-bond acceptors (Lipinski definition) is 4. The number of ether oxygens (including phenoxy) is 1. The van der Waals surface area contributed by atoms with Gasteiger partial charge in [-0.3, -0.25) is 0 Å². The van der Waals surface area contributed by atoms with Gasteiger partial charge in [0.25, 0.3) is 0 Å². The largest absolute Gasteiger partial charge is 0.443 e. The van der Waals surface area contributed by atoms with Crippen LogP contribution in [0.1, 0.15) is 35.8 Å². The molecule has 0 fully saturated rings. The molecule has 1 aromatic rings. The second-order valence-corrected chi connectivity index (χ2v) is 4.54. The third-order valence-electron chi connectivity index (χ3n) is 1.98. The summed E-state index contributed by atoms with van der Waals surface area (Å²) >= 11 is 0.470. The zero-order valence-electron chi connectivity index (χ0n) is 9.33. The van der Waals surface area contributed by atoms with Crippen LogP contribution < -0.4 is 0 Å². The van der Waals surface area contributed by atoms with Gasteiger partial charge in [0.2, 0.25) is 0 Å². The summed E-state index contributed by atoms with van der Waals surface area (Å²) in [6, 6.07) is 0. The Hall–Kier alpha value is -0.660. The number of aromatic nitrogens is 1. The molecule has 0 aliphatic heterocycles. The van der Waals surface area contributed by atoms with Crippen LogP contribution in [0.5, 0.6) is 0 Å². The third kappa shape index (κ3) is 4.61. The maximum atomic E-state index is 12.3. The maximum Gasteiger partial charge on any atom is 0.443 e. The normalized spacial score (nSPS) is 13.9. The molecule has 1 N–H and O–H groups in total. The lowest BCUT2D eigenvalue weighted by atomic mass is 10.2. The molecule has 0 spiro atoms. The smallest absolute Gasteiger partial charge is 0.387 e. The van der Waals surface area contributed by atoms with Gasteiger partial charge in [-0.05, 0) is 6.42 Å². The minimum atomic E-state index is -4.44. The first-order valence-electron chi connectivity index (χ1n) is 5.24. The summed E-state index contributed by atoms with van der Waals surface area (Å²) in [6.45, 7) is 2.87. The van der Waals surface area contributed by atoms with Crippen LogP contribution in [0.15, 0.2) is 6.20 Å². The Labute approximate surface area is 101 Å². The number of alkyl halides is 3. The Balaban J connectivity index is 2.47. The van der Waals surface area contributed by atoms with Crippen LogP contribution in [-0.2, 0) is 10.9 Å². The third-order valence-corrected chi connectivity index (χ3v) is 3.12. The predicted octanol–water partition coefficient (Wildman–Crippen LogP) is 3.01. The van der Waals surface area contributed by atoms with Gasteiger partial charge in [-0.15, -0.1) is 11.3 Å². The molecule has 7 heteroatoms. The number of nitrogens with zero attached hydrogens (tertiary/aromatic N) is 1. The summed E-state index contributed by atoms with van der Waals surface area (Å²) in [6.07, 6.45) is -3.17. The Morgan fingerprint density at radius 1 is 1.47 bits per heavy atom. The van der Waals surface area contributed by atoms with Crippen LogP contribution in [0.4, 0.5) is 13.2 Å². The van der Waals surface area contributed by atoms with Crippen LogP contribution in [0.3, 0.4) is 0 Å². The highest BCUT2D eigenvalue weighted by molar-refractivity contribution is 7.11. The van der Waals surface area contributed by atoms with Crippen molar-refractivity contribution in [2.75, 3.05) is 13.2 Å². The minimum Gasteiger partial charge on any atom is -0.387 e. The van der Waals surface area contributed by atoms with E-state index >= 15 is 0 Å². The van der Waals surface area contributed by atoms with Crippen molar-refractivity contribution in [1.82, 2.24) is 4.98 Å². The Morgan fingerprint density at radius 3 is 2.71 bits per heavy atom. The summed E-state index contributed by atoms with van der Waals surface area (Å²) in [5.74, 6) is 0. The van der Waals surface area contributed by atoms with Crippen molar-refractivity contribution in [3.8, 4) is 0 Å². The molecule has 1 unspecified atom stereocenters. The van der Waals surface area contributed by atoms with Gasteiger partial charge in [-0.1, -0.05) is 6.92 Å². The minimum absolute atomic E-state index is 0.220. The average molecular weight is 269 g/mol. The first kappa shape index (κ1) is 14.4. The van der Waals surface area contributed by atoms with Crippen molar-refractivity contribution < 1.29 is 23.0 Å². The molecule has 0 aliphatic carbocycles. The van der Waals surface area contributed by atoms with Crippen LogP contribution in [0.25, 0.3) is 0 Å². The molecule has 98 valence electrons. The van der Waals surface area contributed by atoms with Crippen LogP contribution >= 0.6 is 11.3 Å². The Bertz CT molecular complexity index is 341. The number of thiazole rings is 1. The molecule has 17 heavy (non-hydrogen) atoms. The van der Waals surface area contributed by atoms with Crippen molar-refractivity contribution in [2.24, 2.45) is 0 Å². The van der Waals surface area contributed by atoms with Crippen molar-refractivity contribution in [2.45, 2.75) is 32.0 Å². The molecule has 1 aromatic heterocycles. The summed E-state index contributed by atoms with van der Waals surface area (Å²) in [7, 11) is 0. The molecule has 0 amide bonds. The zero-order chi connectivity index (χ0) is 12.9. The fraction of sp³-hybridized carbons (Fsp3) is 0.700. The number of halogens is 3. The highest BCUT2D eigenvalue weighted by atomic mass is 32.1. The van der Waals surface area contributed by atoms with Gasteiger partial charge in [-0.25, -0.2) is 4.98 Å². The Kier molecular flexibility index (Phi) is 5.35. The van der Waals surface area contributed by atoms with E-state index < -0.39 is 17.3 Å². The lowest BCUT2D eigenvalue weighted by Gasteiger charge is -2.07. The summed E-state index contributed by atoms with van der Waals surface area (Å²) in [5, 5.41) is 8.69. The molecular weight excluding hydrogens is 255 g/mol. The number of aliphatic hydroxyl groups excluding tert-OH is 1. The van der Waals surface area contributed by atoms with Gasteiger partial charge in [0.15, 0.2) is 5.01 Å². The van der Waals surface area contributed by atoms with E-state index in [0.717, 1.165) is 12.6 Å². The molecule has 0 radical (unpaired) electrons. The van der Waals surface area contributed by atoms with Crippen LogP contribution in [-0.4, -0.2) is 23.3 Å². The van der Waals surface area contributed by atoms with E-state index in [1.807, 2.05) is 6.92 Å². The van der Waals surface area contributed by atoms with E-state index in [4.69, 9.17) is 4.74 Å². The standard InChI is InChI=1S/C10H14F3NO2S/c1-2-4-16-5-3-7(15)8-6-14-9(17-8)10(11,12)13/h6-7,15H,2-5H2,1H3. The number of aliphatic hydroxyl groups is 1. The SMILES string of the molecule is CCCOCCC(O)c1cnc(C(F)(F)F)s1. The van der Waals surface area contributed by atoms with Crippen molar-refractivity contribution in [3.63, 3.8) is 0 Å². The first-order chi connectivity index (χ1) is 7.95. The average Bonchev–Trinajstić information content (AvgIpc) is 2.72. The zero-order valence-corrected chi connectivity index (χ0v) is 10.1. The fourth-order valence-electron chi connectivity index (χ4n) is 1.16. The van der Waals surface area contributed by atoms with E-state index in [9.17, 15) is 18.3 Å². The van der Waals surface area contributed by atoms with Gasteiger partial charge >= 0.3 is 6.18 Å². The molecule has 0 aromatic carbocycles. The van der Waals surface area contributed by atoms with E-state index in [-0.39, 0.29) is 11.3 Å². The van der Waals surface area contributed by atoms with Gasteiger partial charge < -0.3 is 9.84 Å². The van der Waals surface area contributed by atoms with Crippen molar-refractivity contribution >= 4 is 11.3 Å². The fourth-order valence-corrected chi connectivity index (χ4v) is 1.96. The quantitative estimate of drug-likeness (QED) is 0.807. The van der Waals surface area contributed by atoms with Crippen LogP contribution in [0.2, 0.25) is 0 Å². The van der Waals surface area contributed by atoms with E-state index in [2.05, 4.69) is 4.98 Å². The van der Waals surface area contributed by atoms with E-state index in [1.54, 1.807) is 0 Å². The molecule has 1 atom stereocenters. The molecule has 1 rings (SSSR count). The van der Waals surface area contributed by atoms with Crippen molar-refractivity contribution in [3.05, 3.63) is 16.1 Å². The lowest BCUT2D eigenvalue weighted by Crippen LogP contribution is -2.03. The second kappa shape index (κ2) is 6.32. The van der Waals surface area contributed by atoms with E-state index in [0.29, 0.717) is 24.6 Å². The van der Waals surface area contributed by atoms with Crippen molar-refractivity contribution in [1.29, 1.82) is 0 Å². The van der Waals surface area contributed by atoms with Gasteiger partial charge in [-0.2, -0.15) is 13.2 Å². The summed E-state index contributed by atoms with van der Waals surface area (Å²) in [4.78, 5) is 3.47. The topological polar surface area (TPSA) is 42.4 Å². The van der Waals surface area contributed by atoms with Gasteiger partial charge in [0, 0.05) is 25.8 Å². The Morgan fingerprint density at radius 2 is 2.18 bits per heavy atom. The molecule has 0 bridgehead atoms. The maximum absolute atomic E-state index is 12.3. The molecule has 0 saturated heterocycles. The highest BCUT2D eigenvalue weighted by Crippen LogP contribution is 2.34. The van der Waals surface area contributed by atoms with Crippen LogP contribution in [0, 0.1) is 0 Å². The number of rotatable bonds is 6. The monoisotopic (exact) mass is 269 g/mol. The van der Waals surface area contributed by atoms with E-state index in [1.165, 1.54) is 0 Å². The lowest BCUT2D eigenvalue weighted by molar-refractivity contribution is -0.137. The molecule has 0 saturated carbocycles. The van der Waals surface area contributed by atoms with Gasteiger partial charge in [0.1, 0.15) is 0 Å².